The van der Waals surface area contributed by atoms with E-state index in [9.17, 15) is 0 Å². The van der Waals surface area contributed by atoms with Crippen molar-refractivity contribution < 1.29 is 14.6 Å². The quantitative estimate of drug-likeness (QED) is 0.824. The van der Waals surface area contributed by atoms with Crippen LogP contribution in [0.5, 0.6) is 0 Å². The first kappa shape index (κ1) is 13.3. The second-order valence-electron chi connectivity index (χ2n) is 5.96. The highest BCUT2D eigenvalue weighted by Crippen LogP contribution is 2.46. The van der Waals surface area contributed by atoms with E-state index in [0.717, 1.165) is 24.7 Å². The maximum absolute atomic E-state index is 8.76. The Labute approximate surface area is 104 Å². The molecule has 0 aromatic rings. The first-order valence-electron chi connectivity index (χ1n) is 7.05. The lowest BCUT2D eigenvalue weighted by Crippen LogP contribution is -2.37. The van der Waals surface area contributed by atoms with Crippen LogP contribution in [-0.2, 0) is 9.47 Å². The first-order chi connectivity index (χ1) is 8.15. The summed E-state index contributed by atoms with van der Waals surface area (Å²) < 4.78 is 11.6. The van der Waals surface area contributed by atoms with Crippen molar-refractivity contribution in [2.45, 2.75) is 64.3 Å². The van der Waals surface area contributed by atoms with Crippen LogP contribution in [0.4, 0.5) is 0 Å². The summed E-state index contributed by atoms with van der Waals surface area (Å²) in [4.78, 5) is 0. The smallest absolute Gasteiger partial charge is 0.158 e. The molecule has 2 rings (SSSR count). The van der Waals surface area contributed by atoms with Gasteiger partial charge >= 0.3 is 0 Å². The van der Waals surface area contributed by atoms with Crippen molar-refractivity contribution in [1.82, 2.24) is 0 Å². The zero-order valence-electron chi connectivity index (χ0n) is 11.2. The van der Waals surface area contributed by atoms with Gasteiger partial charge in [-0.25, -0.2) is 0 Å². The van der Waals surface area contributed by atoms with Crippen LogP contribution in [0, 0.1) is 11.8 Å². The Kier molecular flexibility index (Phi) is 4.45. The number of ether oxygens (including phenoxy) is 2. The van der Waals surface area contributed by atoms with Crippen molar-refractivity contribution in [1.29, 1.82) is 0 Å². The topological polar surface area (TPSA) is 38.7 Å². The van der Waals surface area contributed by atoms with E-state index < -0.39 is 0 Å². The Morgan fingerprint density at radius 1 is 1.35 bits per heavy atom. The van der Waals surface area contributed by atoms with Crippen LogP contribution >= 0.6 is 0 Å². The molecule has 1 saturated carbocycles. The zero-order chi connectivity index (χ0) is 12.3. The average Bonchev–Trinajstić information content (AvgIpc) is 2.69. The lowest BCUT2D eigenvalue weighted by Gasteiger charge is -2.39. The van der Waals surface area contributed by atoms with Crippen molar-refractivity contribution >= 4 is 0 Å². The molecule has 1 aliphatic heterocycles. The van der Waals surface area contributed by atoms with E-state index in [1.165, 1.54) is 25.7 Å². The second kappa shape index (κ2) is 5.68. The number of aliphatic hydroxyl groups is 1. The first-order valence-corrected chi connectivity index (χ1v) is 7.05. The van der Waals surface area contributed by atoms with Crippen LogP contribution in [0.25, 0.3) is 0 Å². The van der Waals surface area contributed by atoms with Gasteiger partial charge in [-0.15, -0.1) is 0 Å². The van der Waals surface area contributed by atoms with Crippen molar-refractivity contribution in [2.75, 3.05) is 13.2 Å². The van der Waals surface area contributed by atoms with Crippen molar-refractivity contribution in [3.63, 3.8) is 0 Å². The summed E-state index contributed by atoms with van der Waals surface area (Å²) in [6.45, 7) is 5.12. The van der Waals surface area contributed by atoms with Crippen LogP contribution in [0.1, 0.15) is 52.4 Å². The molecule has 0 amide bonds. The molecule has 1 spiro atoms. The van der Waals surface area contributed by atoms with Crippen LogP contribution in [0.2, 0.25) is 0 Å². The van der Waals surface area contributed by atoms with Gasteiger partial charge in [-0.2, -0.15) is 0 Å². The van der Waals surface area contributed by atoms with E-state index in [0.29, 0.717) is 6.61 Å². The summed E-state index contributed by atoms with van der Waals surface area (Å²) in [6.07, 6.45) is 7.07. The molecule has 1 saturated heterocycles. The molecular formula is C14H26O3. The van der Waals surface area contributed by atoms with Gasteiger partial charge in [-0.3, -0.25) is 0 Å². The maximum atomic E-state index is 8.76. The minimum atomic E-state index is -0.0759. The largest absolute Gasteiger partial charge is 0.394 e. The van der Waals surface area contributed by atoms with Gasteiger partial charge in [0, 0.05) is 6.42 Å². The van der Waals surface area contributed by atoms with Crippen LogP contribution < -0.4 is 0 Å². The van der Waals surface area contributed by atoms with Gasteiger partial charge in [-0.1, -0.05) is 20.3 Å². The third-order valence-electron chi connectivity index (χ3n) is 4.40. The van der Waals surface area contributed by atoms with E-state index in [2.05, 4.69) is 13.8 Å². The van der Waals surface area contributed by atoms with E-state index in [-0.39, 0.29) is 18.5 Å². The Morgan fingerprint density at radius 3 is 2.88 bits per heavy atom. The summed E-state index contributed by atoms with van der Waals surface area (Å²) in [6, 6.07) is 0. The number of hydrogen-bond acceptors (Lipinski definition) is 3. The third-order valence-corrected chi connectivity index (χ3v) is 4.40. The molecule has 0 bridgehead atoms. The number of hydrogen-bond donors (Lipinski definition) is 1. The van der Waals surface area contributed by atoms with E-state index in [4.69, 9.17) is 14.6 Å². The van der Waals surface area contributed by atoms with E-state index in [1.54, 1.807) is 0 Å². The summed E-state index contributed by atoms with van der Waals surface area (Å²) >= 11 is 0. The van der Waals surface area contributed by atoms with Crippen molar-refractivity contribution in [3.8, 4) is 0 Å². The summed E-state index contributed by atoms with van der Waals surface area (Å²) in [7, 11) is 0. The van der Waals surface area contributed by atoms with Gasteiger partial charge in [0.1, 0.15) is 0 Å². The number of rotatable bonds is 4. The normalized spacial score (nSPS) is 38.1. The van der Waals surface area contributed by atoms with Crippen LogP contribution in [0.15, 0.2) is 0 Å². The van der Waals surface area contributed by atoms with Gasteiger partial charge in [0.05, 0.1) is 18.8 Å². The lowest BCUT2D eigenvalue weighted by molar-refractivity contribution is -0.185. The highest BCUT2D eigenvalue weighted by molar-refractivity contribution is 4.92. The highest BCUT2D eigenvalue weighted by Gasteiger charge is 2.44. The minimum absolute atomic E-state index is 0.0759. The minimum Gasteiger partial charge on any atom is -0.394 e. The molecule has 0 radical (unpaired) electrons. The maximum Gasteiger partial charge on any atom is 0.158 e. The molecule has 17 heavy (non-hydrogen) atoms. The monoisotopic (exact) mass is 242 g/mol. The standard InChI is InChI=1S/C14H26O3/c1-11(2)12-4-3-6-14(10-12)7-5-13(17-14)16-9-8-15/h11-13,15H,3-10H2,1-2H3. The molecule has 1 N–H and O–H groups in total. The summed E-state index contributed by atoms with van der Waals surface area (Å²) in [5.41, 5.74) is 0.0906. The molecule has 3 nitrogen and oxygen atoms in total. The molecule has 0 aromatic heterocycles. The lowest BCUT2D eigenvalue weighted by atomic mass is 9.72. The van der Waals surface area contributed by atoms with Crippen LogP contribution in [-0.4, -0.2) is 30.2 Å². The summed E-state index contributed by atoms with van der Waals surface area (Å²) in [5.74, 6) is 1.56. The fourth-order valence-corrected chi connectivity index (χ4v) is 3.35. The summed E-state index contributed by atoms with van der Waals surface area (Å²) in [5, 5.41) is 8.76. The second-order valence-corrected chi connectivity index (χ2v) is 5.96. The molecular weight excluding hydrogens is 216 g/mol. The van der Waals surface area contributed by atoms with Gasteiger partial charge < -0.3 is 14.6 Å². The SMILES string of the molecule is CC(C)C1CCCC2(CCC(OCCO)O2)C1. The molecule has 0 aromatic carbocycles. The Balaban J connectivity index is 1.87. The fourth-order valence-electron chi connectivity index (χ4n) is 3.35. The molecule has 1 heterocycles. The van der Waals surface area contributed by atoms with Crippen molar-refractivity contribution in [3.05, 3.63) is 0 Å². The van der Waals surface area contributed by atoms with Crippen LogP contribution in [0.3, 0.4) is 0 Å². The molecule has 3 atom stereocenters. The Morgan fingerprint density at radius 2 is 2.18 bits per heavy atom. The fraction of sp³-hybridized carbons (Fsp3) is 1.00. The molecule has 100 valence electrons. The van der Waals surface area contributed by atoms with Gasteiger partial charge in [0.15, 0.2) is 6.29 Å². The molecule has 1 aliphatic carbocycles. The molecule has 2 aliphatic rings. The third kappa shape index (κ3) is 3.21. The molecule has 3 heteroatoms. The van der Waals surface area contributed by atoms with Gasteiger partial charge in [0.25, 0.3) is 0 Å². The van der Waals surface area contributed by atoms with Gasteiger partial charge in [-0.05, 0) is 37.5 Å². The Bertz CT molecular complexity index is 242. The molecule has 3 unspecified atom stereocenters. The molecule has 2 fully saturated rings. The predicted octanol–water partition coefficient (Wildman–Crippen LogP) is 2.72. The van der Waals surface area contributed by atoms with E-state index in [1.807, 2.05) is 0 Å². The van der Waals surface area contributed by atoms with Crippen molar-refractivity contribution in [2.24, 2.45) is 11.8 Å². The zero-order valence-corrected chi connectivity index (χ0v) is 11.2. The predicted molar refractivity (Wildman–Crippen MR) is 66.7 cm³/mol. The average molecular weight is 242 g/mol. The highest BCUT2D eigenvalue weighted by atomic mass is 16.7. The van der Waals surface area contributed by atoms with Gasteiger partial charge in [0.2, 0.25) is 0 Å². The van der Waals surface area contributed by atoms with E-state index >= 15 is 0 Å². The Hall–Kier alpha value is -0.120. The number of aliphatic hydroxyl groups excluding tert-OH is 1.